The number of carbonyl (C=O) groups excluding carboxylic acids is 2. The summed E-state index contributed by atoms with van der Waals surface area (Å²) in [6, 6.07) is 5.78. The number of likely N-dealkylation sites (tertiary alicyclic amines) is 2. The molecule has 2 heterocycles. The van der Waals surface area contributed by atoms with E-state index in [0.29, 0.717) is 19.0 Å². The summed E-state index contributed by atoms with van der Waals surface area (Å²) >= 11 is 0. The fraction of sp³-hybridized carbons (Fsp3) is 0.619. The molecule has 6 nitrogen and oxygen atoms in total. The molecule has 3 rings (SSSR count). The van der Waals surface area contributed by atoms with E-state index in [1.165, 1.54) is 12.1 Å². The maximum atomic E-state index is 13.8. The number of halogens is 2. The van der Waals surface area contributed by atoms with Crippen molar-refractivity contribution in [3.63, 3.8) is 0 Å². The van der Waals surface area contributed by atoms with E-state index in [0.717, 1.165) is 51.9 Å². The van der Waals surface area contributed by atoms with Gasteiger partial charge in [-0.3, -0.25) is 4.79 Å². The van der Waals surface area contributed by atoms with Crippen LogP contribution in [0.5, 0.6) is 0 Å². The van der Waals surface area contributed by atoms with Gasteiger partial charge >= 0.3 is 6.03 Å². The summed E-state index contributed by atoms with van der Waals surface area (Å²) in [6.07, 6.45) is 3.66. The van der Waals surface area contributed by atoms with Crippen molar-refractivity contribution in [2.75, 3.05) is 44.6 Å². The van der Waals surface area contributed by atoms with E-state index in [1.807, 2.05) is 4.90 Å². The number of para-hydroxylation sites is 1. The van der Waals surface area contributed by atoms with Gasteiger partial charge in [0, 0.05) is 26.2 Å². The van der Waals surface area contributed by atoms with Gasteiger partial charge in [-0.2, -0.15) is 0 Å². The summed E-state index contributed by atoms with van der Waals surface area (Å²) < 4.78 is 13.8. The molecule has 1 aromatic rings. The Labute approximate surface area is 178 Å². The maximum Gasteiger partial charge on any atom is 0.321 e. The second-order valence-electron chi connectivity index (χ2n) is 7.77. The third-order valence-electron chi connectivity index (χ3n) is 5.78. The van der Waals surface area contributed by atoms with Gasteiger partial charge < -0.3 is 20.4 Å². The number of rotatable bonds is 5. The Morgan fingerprint density at radius 3 is 2.52 bits per heavy atom. The molecule has 1 atom stereocenters. The van der Waals surface area contributed by atoms with Crippen LogP contribution < -0.4 is 10.6 Å². The minimum absolute atomic E-state index is 0. The molecular formula is C21H32ClFN4O2. The molecule has 2 N–H and O–H groups in total. The SMILES string of the molecule is CCNCC1CCN(C(=O)C2CCCN(C(=O)Nc3ccccc3F)C2)CC1.Cl. The third kappa shape index (κ3) is 6.31. The molecule has 1 aromatic carbocycles. The van der Waals surface area contributed by atoms with Crippen LogP contribution in [0, 0.1) is 17.7 Å². The predicted molar refractivity (Wildman–Crippen MR) is 115 cm³/mol. The number of benzene rings is 1. The van der Waals surface area contributed by atoms with Crippen LogP contribution in [-0.4, -0.2) is 61.0 Å². The van der Waals surface area contributed by atoms with Crippen LogP contribution >= 0.6 is 12.4 Å². The molecule has 162 valence electrons. The van der Waals surface area contributed by atoms with Gasteiger partial charge in [-0.15, -0.1) is 12.4 Å². The Balaban J connectivity index is 0.00000300. The molecule has 0 spiro atoms. The normalized spacial score (nSPS) is 20.1. The first kappa shape index (κ1) is 23.4. The zero-order valence-corrected chi connectivity index (χ0v) is 17.8. The van der Waals surface area contributed by atoms with Gasteiger partial charge in [-0.1, -0.05) is 19.1 Å². The molecule has 0 aliphatic carbocycles. The predicted octanol–water partition coefficient (Wildman–Crippen LogP) is 3.34. The highest BCUT2D eigenvalue weighted by molar-refractivity contribution is 5.90. The van der Waals surface area contributed by atoms with Crippen LogP contribution in [-0.2, 0) is 4.79 Å². The number of nitrogens with zero attached hydrogens (tertiary/aromatic N) is 2. The highest BCUT2D eigenvalue weighted by Crippen LogP contribution is 2.24. The van der Waals surface area contributed by atoms with Crippen LogP contribution in [0.4, 0.5) is 14.9 Å². The van der Waals surface area contributed by atoms with Crippen LogP contribution in [0.3, 0.4) is 0 Å². The van der Waals surface area contributed by atoms with Gasteiger partial charge in [-0.25, -0.2) is 9.18 Å². The van der Waals surface area contributed by atoms with Crippen LogP contribution in [0.2, 0.25) is 0 Å². The standard InChI is InChI=1S/C21H31FN4O2.ClH/c1-2-23-14-16-9-12-25(13-10-16)20(27)17-6-5-11-26(15-17)21(28)24-19-8-4-3-7-18(19)22;/h3-4,7-8,16-17,23H,2,5-6,9-15H2,1H3,(H,24,28);1H. The average molecular weight is 427 g/mol. The molecule has 2 fully saturated rings. The fourth-order valence-electron chi connectivity index (χ4n) is 4.08. The summed E-state index contributed by atoms with van der Waals surface area (Å²) in [5.41, 5.74) is 0.170. The molecule has 0 saturated carbocycles. The van der Waals surface area contributed by atoms with Crippen molar-refractivity contribution in [2.45, 2.75) is 32.6 Å². The first-order valence-electron chi connectivity index (χ1n) is 10.4. The van der Waals surface area contributed by atoms with E-state index in [1.54, 1.807) is 17.0 Å². The van der Waals surface area contributed by atoms with E-state index in [-0.39, 0.29) is 36.0 Å². The number of urea groups is 1. The lowest BCUT2D eigenvalue weighted by molar-refractivity contribution is -0.138. The summed E-state index contributed by atoms with van der Waals surface area (Å²) in [5.74, 6) is 0.176. The van der Waals surface area contributed by atoms with Crippen molar-refractivity contribution >= 4 is 30.0 Å². The summed E-state index contributed by atoms with van der Waals surface area (Å²) in [5, 5.41) is 6.01. The van der Waals surface area contributed by atoms with Gasteiger partial charge in [0.2, 0.25) is 5.91 Å². The van der Waals surface area contributed by atoms with Crippen molar-refractivity contribution in [2.24, 2.45) is 11.8 Å². The smallest absolute Gasteiger partial charge is 0.321 e. The van der Waals surface area contributed by atoms with Crippen LogP contribution in [0.25, 0.3) is 0 Å². The Bertz CT molecular complexity index is 682. The Kier molecular flexibility index (Phi) is 9.17. The highest BCUT2D eigenvalue weighted by atomic mass is 35.5. The molecule has 0 aromatic heterocycles. The highest BCUT2D eigenvalue weighted by Gasteiger charge is 2.33. The van der Waals surface area contributed by atoms with Gasteiger partial charge in [-0.05, 0) is 56.8 Å². The molecule has 29 heavy (non-hydrogen) atoms. The van der Waals surface area contributed by atoms with Crippen LogP contribution in [0.1, 0.15) is 32.6 Å². The van der Waals surface area contributed by atoms with Crippen molar-refractivity contribution in [3.8, 4) is 0 Å². The lowest BCUT2D eigenvalue weighted by atomic mass is 9.93. The molecule has 3 amide bonds. The van der Waals surface area contributed by atoms with E-state index in [2.05, 4.69) is 17.6 Å². The van der Waals surface area contributed by atoms with E-state index in [9.17, 15) is 14.0 Å². The molecular weight excluding hydrogens is 395 g/mol. The zero-order chi connectivity index (χ0) is 19.9. The fourth-order valence-corrected chi connectivity index (χ4v) is 4.08. The summed E-state index contributed by atoms with van der Waals surface area (Å²) in [7, 11) is 0. The minimum Gasteiger partial charge on any atom is -0.342 e. The summed E-state index contributed by atoms with van der Waals surface area (Å²) in [6.45, 7) is 6.69. The Morgan fingerprint density at radius 1 is 1.10 bits per heavy atom. The van der Waals surface area contributed by atoms with E-state index >= 15 is 0 Å². The number of nitrogens with one attached hydrogen (secondary N) is 2. The number of piperidine rings is 2. The zero-order valence-electron chi connectivity index (χ0n) is 17.0. The Morgan fingerprint density at radius 2 is 1.83 bits per heavy atom. The van der Waals surface area contributed by atoms with E-state index < -0.39 is 5.82 Å². The van der Waals surface area contributed by atoms with Crippen molar-refractivity contribution in [1.82, 2.24) is 15.1 Å². The molecule has 2 aliphatic heterocycles. The second-order valence-corrected chi connectivity index (χ2v) is 7.77. The number of carbonyl (C=O) groups is 2. The first-order chi connectivity index (χ1) is 13.6. The first-order valence-corrected chi connectivity index (χ1v) is 10.4. The van der Waals surface area contributed by atoms with Gasteiger partial charge in [0.15, 0.2) is 0 Å². The van der Waals surface area contributed by atoms with Gasteiger partial charge in [0.25, 0.3) is 0 Å². The largest absolute Gasteiger partial charge is 0.342 e. The van der Waals surface area contributed by atoms with Crippen molar-refractivity contribution < 1.29 is 14.0 Å². The topological polar surface area (TPSA) is 64.7 Å². The van der Waals surface area contributed by atoms with Crippen molar-refractivity contribution in [3.05, 3.63) is 30.1 Å². The quantitative estimate of drug-likeness (QED) is 0.758. The second kappa shape index (κ2) is 11.4. The molecule has 0 bridgehead atoms. The van der Waals surface area contributed by atoms with Crippen LogP contribution in [0.15, 0.2) is 24.3 Å². The summed E-state index contributed by atoms with van der Waals surface area (Å²) in [4.78, 5) is 29.1. The van der Waals surface area contributed by atoms with Gasteiger partial charge in [0.05, 0.1) is 11.6 Å². The monoisotopic (exact) mass is 426 g/mol. The molecule has 2 aliphatic rings. The van der Waals surface area contributed by atoms with E-state index in [4.69, 9.17) is 0 Å². The van der Waals surface area contributed by atoms with Crippen molar-refractivity contribution in [1.29, 1.82) is 0 Å². The number of amides is 3. The minimum atomic E-state index is -0.457. The molecule has 0 radical (unpaired) electrons. The molecule has 1 unspecified atom stereocenters. The maximum absolute atomic E-state index is 13.8. The number of anilines is 1. The molecule has 8 heteroatoms. The van der Waals surface area contributed by atoms with Gasteiger partial charge in [0.1, 0.15) is 5.82 Å². The number of hydrogen-bond donors (Lipinski definition) is 2. The lowest BCUT2D eigenvalue weighted by Gasteiger charge is -2.38. The molecule has 2 saturated heterocycles. The third-order valence-corrected chi connectivity index (χ3v) is 5.78. The lowest BCUT2D eigenvalue weighted by Crippen LogP contribution is -2.49. The average Bonchev–Trinajstić information content (AvgIpc) is 2.74. The Hall–Kier alpha value is -1.86. The number of hydrogen-bond acceptors (Lipinski definition) is 3.